The Morgan fingerprint density at radius 1 is 1.21 bits per heavy atom. The molecular formula is C17H26O2. The van der Waals surface area contributed by atoms with E-state index >= 15 is 0 Å². The predicted octanol–water partition coefficient (Wildman–Crippen LogP) is 4.48. The van der Waals surface area contributed by atoms with Gasteiger partial charge in [-0.1, -0.05) is 44.5 Å². The van der Waals surface area contributed by atoms with E-state index in [1.54, 1.807) is 0 Å². The summed E-state index contributed by atoms with van der Waals surface area (Å²) in [6.07, 6.45) is 4.82. The Morgan fingerprint density at radius 3 is 2.68 bits per heavy atom. The number of carbonyl (C=O) groups is 1. The normalized spacial score (nSPS) is 10.7. The van der Waals surface area contributed by atoms with Crippen molar-refractivity contribution in [1.82, 2.24) is 0 Å². The molecule has 0 heterocycles. The van der Waals surface area contributed by atoms with Crippen molar-refractivity contribution in [3.8, 4) is 0 Å². The summed E-state index contributed by atoms with van der Waals surface area (Å²) in [5, 5.41) is 0. The Bertz CT molecular complexity index is 383. The van der Waals surface area contributed by atoms with Crippen LogP contribution in [0.5, 0.6) is 0 Å². The van der Waals surface area contributed by atoms with Crippen molar-refractivity contribution in [3.05, 3.63) is 35.4 Å². The van der Waals surface area contributed by atoms with Crippen LogP contribution in [0, 0.1) is 0 Å². The zero-order valence-electron chi connectivity index (χ0n) is 12.4. The third kappa shape index (κ3) is 6.42. The molecule has 0 radical (unpaired) electrons. The van der Waals surface area contributed by atoms with Gasteiger partial charge in [0.2, 0.25) is 0 Å². The Hall–Kier alpha value is -1.31. The van der Waals surface area contributed by atoms with Crippen molar-refractivity contribution >= 4 is 5.97 Å². The minimum Gasteiger partial charge on any atom is -0.466 e. The van der Waals surface area contributed by atoms with Crippen LogP contribution in [-0.4, -0.2) is 12.6 Å². The van der Waals surface area contributed by atoms with E-state index in [1.165, 1.54) is 11.1 Å². The van der Waals surface area contributed by atoms with Crippen LogP contribution in [0.1, 0.15) is 63.5 Å². The molecule has 19 heavy (non-hydrogen) atoms. The van der Waals surface area contributed by atoms with Gasteiger partial charge in [0.05, 0.1) is 6.61 Å². The number of carbonyl (C=O) groups excluding carboxylic acids is 1. The number of unbranched alkanes of at least 4 members (excludes halogenated alkanes) is 2. The summed E-state index contributed by atoms with van der Waals surface area (Å²) in [4.78, 5) is 11.2. The average Bonchev–Trinajstić information content (AvgIpc) is 2.39. The Morgan fingerprint density at radius 2 is 2.00 bits per heavy atom. The molecule has 2 nitrogen and oxygen atoms in total. The summed E-state index contributed by atoms with van der Waals surface area (Å²) < 4.78 is 4.91. The Labute approximate surface area is 117 Å². The first-order valence-electron chi connectivity index (χ1n) is 7.38. The highest BCUT2D eigenvalue weighted by Crippen LogP contribution is 2.17. The van der Waals surface area contributed by atoms with Crippen LogP contribution < -0.4 is 0 Å². The molecule has 0 unspecified atom stereocenters. The van der Waals surface area contributed by atoms with Crippen molar-refractivity contribution < 1.29 is 9.53 Å². The van der Waals surface area contributed by atoms with Gasteiger partial charge in [0, 0.05) is 6.42 Å². The van der Waals surface area contributed by atoms with Gasteiger partial charge >= 0.3 is 5.97 Å². The van der Waals surface area contributed by atoms with Gasteiger partial charge < -0.3 is 4.74 Å². The summed E-state index contributed by atoms with van der Waals surface area (Å²) in [5.41, 5.74) is 2.81. The Balaban J connectivity index is 2.22. The monoisotopic (exact) mass is 262 g/mol. The number of hydrogen-bond acceptors (Lipinski definition) is 2. The van der Waals surface area contributed by atoms with E-state index in [2.05, 4.69) is 38.1 Å². The van der Waals surface area contributed by atoms with Crippen LogP contribution in [0.2, 0.25) is 0 Å². The highest BCUT2D eigenvalue weighted by Gasteiger charge is 2.02. The van der Waals surface area contributed by atoms with Crippen LogP contribution >= 0.6 is 0 Å². The topological polar surface area (TPSA) is 26.3 Å². The van der Waals surface area contributed by atoms with Crippen molar-refractivity contribution in [3.63, 3.8) is 0 Å². The molecule has 0 amide bonds. The van der Waals surface area contributed by atoms with Gasteiger partial charge in [0.25, 0.3) is 0 Å². The highest BCUT2D eigenvalue weighted by molar-refractivity contribution is 5.69. The molecule has 0 bridgehead atoms. The lowest BCUT2D eigenvalue weighted by Gasteiger charge is -2.08. The molecule has 0 aliphatic carbocycles. The Kier molecular flexibility index (Phi) is 7.24. The predicted molar refractivity (Wildman–Crippen MR) is 79.3 cm³/mol. The van der Waals surface area contributed by atoms with E-state index in [0.717, 1.165) is 25.7 Å². The number of aryl methyl sites for hydroxylation is 1. The maximum atomic E-state index is 11.2. The second kappa shape index (κ2) is 8.73. The molecule has 106 valence electrons. The van der Waals surface area contributed by atoms with Crippen LogP contribution in [0.3, 0.4) is 0 Å². The minimum atomic E-state index is -0.0655. The van der Waals surface area contributed by atoms with Crippen LogP contribution in [-0.2, 0) is 16.0 Å². The van der Waals surface area contributed by atoms with Gasteiger partial charge in [-0.25, -0.2) is 0 Å². The fourth-order valence-corrected chi connectivity index (χ4v) is 2.12. The largest absolute Gasteiger partial charge is 0.466 e. The molecule has 0 saturated heterocycles. The summed E-state index contributed by atoms with van der Waals surface area (Å²) in [6.45, 7) is 6.78. The lowest BCUT2D eigenvalue weighted by atomic mass is 9.98. The van der Waals surface area contributed by atoms with Gasteiger partial charge in [-0.3, -0.25) is 4.79 Å². The molecule has 0 aliphatic heterocycles. The minimum absolute atomic E-state index is 0.0655. The second-order valence-electron chi connectivity index (χ2n) is 5.27. The second-order valence-corrected chi connectivity index (χ2v) is 5.27. The summed E-state index contributed by atoms with van der Waals surface area (Å²) in [7, 11) is 0. The van der Waals surface area contributed by atoms with E-state index in [-0.39, 0.29) is 5.97 Å². The third-order valence-electron chi connectivity index (χ3n) is 3.27. The van der Waals surface area contributed by atoms with Crippen LogP contribution in [0.25, 0.3) is 0 Å². The zero-order chi connectivity index (χ0) is 14.1. The smallest absolute Gasteiger partial charge is 0.305 e. The number of benzene rings is 1. The molecular weight excluding hydrogens is 236 g/mol. The maximum Gasteiger partial charge on any atom is 0.305 e. The lowest BCUT2D eigenvalue weighted by Crippen LogP contribution is -2.03. The number of hydrogen-bond donors (Lipinski definition) is 0. The molecule has 0 fully saturated rings. The molecule has 1 rings (SSSR count). The fourth-order valence-electron chi connectivity index (χ4n) is 2.12. The third-order valence-corrected chi connectivity index (χ3v) is 3.27. The molecule has 0 spiro atoms. The number of rotatable bonds is 8. The van der Waals surface area contributed by atoms with Gasteiger partial charge in [-0.2, -0.15) is 0 Å². The van der Waals surface area contributed by atoms with Crippen molar-refractivity contribution in [2.24, 2.45) is 0 Å². The van der Waals surface area contributed by atoms with Gasteiger partial charge in [-0.05, 0) is 43.2 Å². The number of ether oxygens (including phenoxy) is 1. The van der Waals surface area contributed by atoms with Crippen LogP contribution in [0.15, 0.2) is 24.3 Å². The summed E-state index contributed by atoms with van der Waals surface area (Å²) in [5.74, 6) is 0.521. The summed E-state index contributed by atoms with van der Waals surface area (Å²) in [6, 6.07) is 8.82. The first-order chi connectivity index (χ1) is 9.13. The van der Waals surface area contributed by atoms with E-state index < -0.39 is 0 Å². The van der Waals surface area contributed by atoms with E-state index in [9.17, 15) is 4.79 Å². The van der Waals surface area contributed by atoms with Crippen molar-refractivity contribution in [2.45, 2.75) is 58.8 Å². The van der Waals surface area contributed by atoms with Gasteiger partial charge in [0.15, 0.2) is 0 Å². The molecule has 0 N–H and O–H groups in total. The first kappa shape index (κ1) is 15.7. The van der Waals surface area contributed by atoms with Crippen LogP contribution in [0.4, 0.5) is 0 Å². The van der Waals surface area contributed by atoms with E-state index in [4.69, 9.17) is 4.74 Å². The van der Waals surface area contributed by atoms with Crippen molar-refractivity contribution in [2.75, 3.05) is 6.61 Å². The van der Waals surface area contributed by atoms with Gasteiger partial charge in [0.1, 0.15) is 0 Å². The van der Waals surface area contributed by atoms with E-state index in [0.29, 0.717) is 18.9 Å². The first-order valence-corrected chi connectivity index (χ1v) is 7.38. The molecule has 0 aromatic heterocycles. The molecule has 0 atom stereocenters. The molecule has 0 saturated carbocycles. The lowest BCUT2D eigenvalue weighted by molar-refractivity contribution is -0.143. The standard InChI is InChI=1S/C17H26O2/c1-4-19-17(18)12-7-5-6-9-15-10-8-11-16(13-15)14(2)3/h8,10-11,13-14H,4-7,9,12H2,1-3H3. The highest BCUT2D eigenvalue weighted by atomic mass is 16.5. The SMILES string of the molecule is CCOC(=O)CCCCCc1cccc(C(C)C)c1. The average molecular weight is 262 g/mol. The maximum absolute atomic E-state index is 11.2. The van der Waals surface area contributed by atoms with E-state index in [1.807, 2.05) is 6.92 Å². The number of esters is 1. The molecule has 0 aliphatic rings. The fraction of sp³-hybridized carbons (Fsp3) is 0.588. The zero-order valence-corrected chi connectivity index (χ0v) is 12.4. The molecule has 1 aromatic carbocycles. The quantitative estimate of drug-likeness (QED) is 0.510. The molecule has 2 heteroatoms. The van der Waals surface area contributed by atoms with Gasteiger partial charge in [-0.15, -0.1) is 0 Å². The molecule has 1 aromatic rings. The summed E-state index contributed by atoms with van der Waals surface area (Å²) >= 11 is 0. The van der Waals surface area contributed by atoms with Crippen molar-refractivity contribution in [1.29, 1.82) is 0 Å².